The molecule has 0 saturated heterocycles. The molecule has 1 aromatic rings. The Balaban J connectivity index is 3.19. The fourth-order valence-electron chi connectivity index (χ4n) is 1.56. The van der Waals surface area contributed by atoms with Gasteiger partial charge in [0.1, 0.15) is 5.75 Å². The standard InChI is InChI=1S/C13H15ClO4/c1-4-8-6-11(17-3)10(14)7-9(8)12(15)13(16)18-5-2/h6-7H,4-5H2,1-3H3. The van der Waals surface area contributed by atoms with E-state index in [-0.39, 0.29) is 12.2 Å². The van der Waals surface area contributed by atoms with E-state index in [2.05, 4.69) is 0 Å². The number of esters is 1. The van der Waals surface area contributed by atoms with Crippen LogP contribution in [0.25, 0.3) is 0 Å². The lowest BCUT2D eigenvalue weighted by Gasteiger charge is -2.10. The summed E-state index contributed by atoms with van der Waals surface area (Å²) >= 11 is 5.95. The first-order chi connectivity index (χ1) is 8.54. The maximum absolute atomic E-state index is 11.9. The topological polar surface area (TPSA) is 52.6 Å². The van der Waals surface area contributed by atoms with Gasteiger partial charge in [-0.3, -0.25) is 4.79 Å². The Bertz CT molecular complexity index is 468. The predicted octanol–water partition coefficient (Wildman–Crippen LogP) is 2.66. The maximum atomic E-state index is 11.9. The lowest BCUT2D eigenvalue weighted by Crippen LogP contribution is -2.19. The number of hydrogen-bond acceptors (Lipinski definition) is 4. The predicted molar refractivity (Wildman–Crippen MR) is 68.3 cm³/mol. The van der Waals surface area contributed by atoms with Crippen LogP contribution in [0.2, 0.25) is 5.02 Å². The average Bonchev–Trinajstić information content (AvgIpc) is 2.37. The Labute approximate surface area is 111 Å². The molecule has 0 amide bonds. The second-order valence-electron chi connectivity index (χ2n) is 3.55. The summed E-state index contributed by atoms with van der Waals surface area (Å²) in [5.41, 5.74) is 0.969. The molecule has 1 rings (SSSR count). The van der Waals surface area contributed by atoms with Crippen LogP contribution in [-0.2, 0) is 16.0 Å². The lowest BCUT2D eigenvalue weighted by molar-refractivity contribution is -0.137. The molecule has 0 radical (unpaired) electrons. The molecule has 0 aliphatic carbocycles. The fourth-order valence-corrected chi connectivity index (χ4v) is 1.80. The molecule has 0 bridgehead atoms. The van der Waals surface area contributed by atoms with Crippen molar-refractivity contribution in [3.05, 3.63) is 28.3 Å². The van der Waals surface area contributed by atoms with Gasteiger partial charge in [-0.1, -0.05) is 18.5 Å². The summed E-state index contributed by atoms with van der Waals surface area (Å²) in [5.74, 6) is -1.07. The smallest absolute Gasteiger partial charge is 0.379 e. The average molecular weight is 271 g/mol. The van der Waals surface area contributed by atoms with Gasteiger partial charge in [0.25, 0.3) is 5.78 Å². The van der Waals surface area contributed by atoms with Crippen molar-refractivity contribution < 1.29 is 19.1 Å². The number of benzene rings is 1. The zero-order chi connectivity index (χ0) is 13.7. The molecule has 18 heavy (non-hydrogen) atoms. The molecule has 0 unspecified atom stereocenters. The van der Waals surface area contributed by atoms with Crippen molar-refractivity contribution in [1.29, 1.82) is 0 Å². The molecule has 0 aliphatic rings. The van der Waals surface area contributed by atoms with E-state index in [1.807, 2.05) is 6.92 Å². The quantitative estimate of drug-likeness (QED) is 0.469. The van der Waals surface area contributed by atoms with Crippen molar-refractivity contribution in [3.63, 3.8) is 0 Å². The third-order valence-corrected chi connectivity index (χ3v) is 2.76. The number of hydrogen-bond donors (Lipinski definition) is 0. The molecular weight excluding hydrogens is 256 g/mol. The van der Waals surface area contributed by atoms with Crippen LogP contribution in [-0.4, -0.2) is 25.5 Å². The molecule has 0 fully saturated rings. The minimum atomic E-state index is -0.867. The van der Waals surface area contributed by atoms with Crippen molar-refractivity contribution in [1.82, 2.24) is 0 Å². The highest BCUT2D eigenvalue weighted by Gasteiger charge is 2.22. The van der Waals surface area contributed by atoms with Crippen molar-refractivity contribution in [2.75, 3.05) is 13.7 Å². The number of carbonyl (C=O) groups is 2. The molecular formula is C13H15ClO4. The number of aryl methyl sites for hydroxylation is 1. The number of ether oxygens (including phenoxy) is 2. The van der Waals surface area contributed by atoms with Gasteiger partial charge in [-0.25, -0.2) is 4.79 Å². The first-order valence-electron chi connectivity index (χ1n) is 5.62. The van der Waals surface area contributed by atoms with Gasteiger partial charge in [-0.2, -0.15) is 0 Å². The Morgan fingerprint density at radius 3 is 2.44 bits per heavy atom. The number of halogens is 1. The molecule has 5 heteroatoms. The molecule has 0 aliphatic heterocycles. The van der Waals surface area contributed by atoms with Crippen LogP contribution in [0.4, 0.5) is 0 Å². The molecule has 0 saturated carbocycles. The van der Waals surface area contributed by atoms with Gasteiger partial charge in [0.05, 0.1) is 18.7 Å². The van der Waals surface area contributed by atoms with E-state index in [1.54, 1.807) is 13.0 Å². The van der Waals surface area contributed by atoms with Gasteiger partial charge in [-0.05, 0) is 31.0 Å². The molecule has 0 aromatic heterocycles. The van der Waals surface area contributed by atoms with Crippen molar-refractivity contribution in [2.45, 2.75) is 20.3 Å². The van der Waals surface area contributed by atoms with Gasteiger partial charge < -0.3 is 9.47 Å². The monoisotopic (exact) mass is 270 g/mol. The first-order valence-corrected chi connectivity index (χ1v) is 6.00. The molecule has 1 aromatic carbocycles. The Morgan fingerprint density at radius 1 is 1.28 bits per heavy atom. The van der Waals surface area contributed by atoms with E-state index < -0.39 is 11.8 Å². The van der Waals surface area contributed by atoms with Crippen molar-refractivity contribution >= 4 is 23.4 Å². The number of ketones is 1. The largest absolute Gasteiger partial charge is 0.495 e. The summed E-state index contributed by atoms with van der Waals surface area (Å²) in [4.78, 5) is 23.3. The van der Waals surface area contributed by atoms with Gasteiger partial charge in [-0.15, -0.1) is 0 Å². The van der Waals surface area contributed by atoms with Gasteiger partial charge in [0.15, 0.2) is 0 Å². The Kier molecular flexibility index (Phi) is 5.16. The summed E-state index contributed by atoms with van der Waals surface area (Å²) in [7, 11) is 1.49. The van der Waals surface area contributed by atoms with E-state index >= 15 is 0 Å². The molecule has 4 nitrogen and oxygen atoms in total. The second kappa shape index (κ2) is 6.40. The van der Waals surface area contributed by atoms with Crippen LogP contribution in [0, 0.1) is 0 Å². The van der Waals surface area contributed by atoms with Gasteiger partial charge >= 0.3 is 5.97 Å². The van der Waals surface area contributed by atoms with Crippen LogP contribution in [0.3, 0.4) is 0 Å². The summed E-state index contributed by atoms with van der Waals surface area (Å²) in [6.45, 7) is 3.69. The third kappa shape index (κ3) is 3.01. The van der Waals surface area contributed by atoms with Crippen LogP contribution in [0.5, 0.6) is 5.75 Å². The van der Waals surface area contributed by atoms with E-state index in [0.29, 0.717) is 22.8 Å². The summed E-state index contributed by atoms with van der Waals surface area (Å²) in [6.07, 6.45) is 0.591. The zero-order valence-electron chi connectivity index (χ0n) is 10.6. The summed E-state index contributed by atoms with van der Waals surface area (Å²) < 4.78 is 9.76. The highest BCUT2D eigenvalue weighted by molar-refractivity contribution is 6.42. The van der Waals surface area contributed by atoms with E-state index in [0.717, 1.165) is 0 Å². The fraction of sp³-hybridized carbons (Fsp3) is 0.385. The highest BCUT2D eigenvalue weighted by Crippen LogP contribution is 2.28. The van der Waals surface area contributed by atoms with Crippen molar-refractivity contribution in [2.24, 2.45) is 0 Å². The Morgan fingerprint density at radius 2 is 1.94 bits per heavy atom. The van der Waals surface area contributed by atoms with Crippen LogP contribution < -0.4 is 4.74 Å². The van der Waals surface area contributed by atoms with Crippen LogP contribution in [0.1, 0.15) is 29.8 Å². The maximum Gasteiger partial charge on any atom is 0.379 e. The molecule has 0 N–H and O–H groups in total. The van der Waals surface area contributed by atoms with Crippen LogP contribution >= 0.6 is 11.6 Å². The SMILES string of the molecule is CCOC(=O)C(=O)c1cc(Cl)c(OC)cc1CC. The minimum absolute atomic E-state index is 0.163. The zero-order valence-corrected chi connectivity index (χ0v) is 11.3. The van der Waals surface area contributed by atoms with E-state index in [9.17, 15) is 9.59 Å². The lowest BCUT2D eigenvalue weighted by atomic mass is 10.0. The number of methoxy groups -OCH3 is 1. The summed E-state index contributed by atoms with van der Waals surface area (Å²) in [5, 5.41) is 0.294. The van der Waals surface area contributed by atoms with Crippen molar-refractivity contribution in [3.8, 4) is 5.75 Å². The van der Waals surface area contributed by atoms with Gasteiger partial charge in [0, 0.05) is 5.56 Å². The molecule has 0 heterocycles. The summed E-state index contributed by atoms with van der Waals surface area (Å²) in [6, 6.07) is 3.10. The number of rotatable bonds is 5. The highest BCUT2D eigenvalue weighted by atomic mass is 35.5. The number of Topliss-reactive ketones (excluding diaryl/α,β-unsaturated/α-hetero) is 1. The number of carbonyl (C=O) groups excluding carboxylic acids is 2. The third-order valence-electron chi connectivity index (χ3n) is 2.46. The molecule has 98 valence electrons. The van der Waals surface area contributed by atoms with Gasteiger partial charge in [0.2, 0.25) is 0 Å². The van der Waals surface area contributed by atoms with E-state index in [4.69, 9.17) is 21.1 Å². The second-order valence-corrected chi connectivity index (χ2v) is 3.95. The first kappa shape index (κ1) is 14.5. The molecule has 0 spiro atoms. The molecule has 0 atom stereocenters. The normalized spacial score (nSPS) is 10.0. The van der Waals surface area contributed by atoms with Crippen LogP contribution in [0.15, 0.2) is 12.1 Å². The minimum Gasteiger partial charge on any atom is -0.495 e. The Hall–Kier alpha value is -1.55. The van der Waals surface area contributed by atoms with E-state index in [1.165, 1.54) is 13.2 Å².